The summed E-state index contributed by atoms with van der Waals surface area (Å²) >= 11 is 0. The maximum absolute atomic E-state index is 6.18. The van der Waals surface area contributed by atoms with E-state index in [4.69, 9.17) is 4.74 Å². The average molecular weight is 268 g/mol. The van der Waals surface area contributed by atoms with Crippen molar-refractivity contribution in [3.8, 4) is 0 Å². The molecule has 0 spiro atoms. The lowest BCUT2D eigenvalue weighted by Gasteiger charge is -2.36. The summed E-state index contributed by atoms with van der Waals surface area (Å²) < 4.78 is 6.18. The Morgan fingerprint density at radius 1 is 1.16 bits per heavy atom. The second-order valence-corrected chi connectivity index (χ2v) is 7.50. The van der Waals surface area contributed by atoms with Gasteiger partial charge in [-0.25, -0.2) is 0 Å². The molecule has 2 rings (SSSR count). The lowest BCUT2D eigenvalue weighted by Crippen LogP contribution is -2.51. The van der Waals surface area contributed by atoms with Gasteiger partial charge in [0.1, 0.15) is 0 Å². The molecule has 0 aromatic carbocycles. The summed E-state index contributed by atoms with van der Waals surface area (Å²) in [7, 11) is 0. The summed E-state index contributed by atoms with van der Waals surface area (Å²) in [5.74, 6) is 0. The summed E-state index contributed by atoms with van der Waals surface area (Å²) in [5.41, 5.74) is -0.0197. The van der Waals surface area contributed by atoms with Crippen LogP contribution < -0.4 is 5.32 Å². The van der Waals surface area contributed by atoms with Crippen LogP contribution in [0.3, 0.4) is 0 Å². The lowest BCUT2D eigenvalue weighted by atomic mass is 9.92. The van der Waals surface area contributed by atoms with Gasteiger partial charge in [0.05, 0.1) is 11.2 Å². The highest BCUT2D eigenvalue weighted by atomic mass is 16.5. The van der Waals surface area contributed by atoms with Gasteiger partial charge in [-0.3, -0.25) is 0 Å². The van der Waals surface area contributed by atoms with Gasteiger partial charge in [0.15, 0.2) is 0 Å². The predicted molar refractivity (Wildman–Crippen MR) is 80.5 cm³/mol. The molecule has 0 amide bonds. The van der Waals surface area contributed by atoms with E-state index in [0.29, 0.717) is 12.1 Å². The van der Waals surface area contributed by atoms with Crippen LogP contribution in [0.1, 0.15) is 60.3 Å². The first kappa shape index (κ1) is 15.3. The number of nitrogens with one attached hydrogen (secondary N) is 1. The summed E-state index contributed by atoms with van der Waals surface area (Å²) in [5, 5.41) is 3.87. The Balaban J connectivity index is 1.83. The zero-order valence-corrected chi connectivity index (χ0v) is 13.5. The maximum Gasteiger partial charge on any atom is 0.0787 e. The molecule has 3 heteroatoms. The van der Waals surface area contributed by atoms with Crippen LogP contribution in [-0.4, -0.2) is 47.8 Å². The molecule has 112 valence electrons. The highest BCUT2D eigenvalue weighted by molar-refractivity contribution is 5.00. The van der Waals surface area contributed by atoms with Crippen molar-refractivity contribution in [3.05, 3.63) is 0 Å². The smallest absolute Gasteiger partial charge is 0.0787 e. The van der Waals surface area contributed by atoms with Crippen molar-refractivity contribution >= 4 is 0 Å². The fourth-order valence-electron chi connectivity index (χ4n) is 3.75. The number of nitrogens with zero attached hydrogens (tertiary/aromatic N) is 1. The standard InChI is InChI=1S/C16H32N2O/c1-6-9-18-10-7-13(8-11-18)17-14-12-15(2,3)19-16(14,4)5/h13-14,17H,6-12H2,1-5H3/t14-/m0/s1. The van der Waals surface area contributed by atoms with E-state index in [-0.39, 0.29) is 11.2 Å². The molecule has 19 heavy (non-hydrogen) atoms. The van der Waals surface area contributed by atoms with E-state index in [9.17, 15) is 0 Å². The molecule has 0 aliphatic carbocycles. The van der Waals surface area contributed by atoms with E-state index in [1.807, 2.05) is 0 Å². The number of likely N-dealkylation sites (tertiary alicyclic amines) is 1. The summed E-state index contributed by atoms with van der Waals surface area (Å²) in [6, 6.07) is 1.17. The number of rotatable bonds is 4. The first-order chi connectivity index (χ1) is 8.82. The van der Waals surface area contributed by atoms with Crippen LogP contribution in [0.15, 0.2) is 0 Å². The third-order valence-corrected chi connectivity index (χ3v) is 4.64. The Morgan fingerprint density at radius 2 is 1.79 bits per heavy atom. The highest BCUT2D eigenvalue weighted by Crippen LogP contribution is 2.37. The van der Waals surface area contributed by atoms with E-state index in [1.54, 1.807) is 0 Å². The molecule has 1 atom stereocenters. The molecule has 2 aliphatic heterocycles. The molecule has 3 nitrogen and oxygen atoms in total. The van der Waals surface area contributed by atoms with Crippen LogP contribution in [0.4, 0.5) is 0 Å². The van der Waals surface area contributed by atoms with Crippen LogP contribution in [0, 0.1) is 0 Å². The second kappa shape index (κ2) is 5.71. The zero-order chi connectivity index (χ0) is 14.1. The average Bonchev–Trinajstić information content (AvgIpc) is 2.50. The number of hydrogen-bond acceptors (Lipinski definition) is 3. The number of ether oxygens (including phenoxy) is 1. The van der Waals surface area contributed by atoms with Crippen molar-refractivity contribution in [3.63, 3.8) is 0 Å². The zero-order valence-electron chi connectivity index (χ0n) is 13.5. The van der Waals surface area contributed by atoms with Crippen LogP contribution in [0.2, 0.25) is 0 Å². The minimum atomic E-state index is -0.0376. The SMILES string of the molecule is CCCN1CCC(N[C@H]2CC(C)(C)OC2(C)C)CC1. The Labute approximate surface area is 119 Å². The van der Waals surface area contributed by atoms with Crippen molar-refractivity contribution in [2.45, 2.75) is 83.6 Å². The van der Waals surface area contributed by atoms with Gasteiger partial charge in [0.2, 0.25) is 0 Å². The fraction of sp³-hybridized carbons (Fsp3) is 1.00. The Morgan fingerprint density at radius 3 is 2.26 bits per heavy atom. The van der Waals surface area contributed by atoms with Crippen LogP contribution in [0.5, 0.6) is 0 Å². The molecule has 2 fully saturated rings. The minimum absolute atomic E-state index is 0.0179. The number of piperidine rings is 1. The number of hydrogen-bond donors (Lipinski definition) is 1. The molecule has 2 aliphatic rings. The summed E-state index contributed by atoms with van der Waals surface area (Å²) in [6.07, 6.45) is 4.96. The molecule has 0 bridgehead atoms. The fourth-order valence-corrected chi connectivity index (χ4v) is 3.75. The molecule has 0 saturated carbocycles. The van der Waals surface area contributed by atoms with Crippen molar-refractivity contribution in [1.82, 2.24) is 10.2 Å². The van der Waals surface area contributed by atoms with Crippen LogP contribution in [0.25, 0.3) is 0 Å². The van der Waals surface area contributed by atoms with Gasteiger partial charge in [-0.15, -0.1) is 0 Å². The second-order valence-electron chi connectivity index (χ2n) is 7.50. The van der Waals surface area contributed by atoms with E-state index >= 15 is 0 Å². The Hall–Kier alpha value is -0.120. The van der Waals surface area contributed by atoms with Gasteiger partial charge < -0.3 is 15.0 Å². The molecule has 1 N–H and O–H groups in total. The van der Waals surface area contributed by atoms with Gasteiger partial charge in [0.25, 0.3) is 0 Å². The van der Waals surface area contributed by atoms with Crippen molar-refractivity contribution in [2.24, 2.45) is 0 Å². The first-order valence-electron chi connectivity index (χ1n) is 8.01. The van der Waals surface area contributed by atoms with Crippen molar-refractivity contribution in [2.75, 3.05) is 19.6 Å². The van der Waals surface area contributed by atoms with Crippen LogP contribution in [-0.2, 0) is 4.74 Å². The topological polar surface area (TPSA) is 24.5 Å². The molecular formula is C16H32N2O. The molecule has 0 radical (unpaired) electrons. The molecule has 0 unspecified atom stereocenters. The van der Waals surface area contributed by atoms with Gasteiger partial charge in [-0.2, -0.15) is 0 Å². The molecular weight excluding hydrogens is 236 g/mol. The Kier molecular flexibility index (Phi) is 4.59. The first-order valence-corrected chi connectivity index (χ1v) is 8.01. The lowest BCUT2D eigenvalue weighted by molar-refractivity contribution is -0.0708. The highest BCUT2D eigenvalue weighted by Gasteiger charge is 2.46. The quantitative estimate of drug-likeness (QED) is 0.848. The molecule has 2 saturated heterocycles. The van der Waals surface area contributed by atoms with E-state index in [2.05, 4.69) is 44.8 Å². The molecule has 2 heterocycles. The van der Waals surface area contributed by atoms with Gasteiger partial charge in [-0.1, -0.05) is 6.92 Å². The third kappa shape index (κ3) is 3.93. The van der Waals surface area contributed by atoms with E-state index in [1.165, 1.54) is 38.9 Å². The van der Waals surface area contributed by atoms with Gasteiger partial charge in [0, 0.05) is 12.1 Å². The van der Waals surface area contributed by atoms with Crippen molar-refractivity contribution in [1.29, 1.82) is 0 Å². The maximum atomic E-state index is 6.18. The summed E-state index contributed by atoms with van der Waals surface area (Å²) in [4.78, 5) is 2.60. The van der Waals surface area contributed by atoms with Crippen LogP contribution >= 0.6 is 0 Å². The largest absolute Gasteiger partial charge is 0.368 e. The molecule has 0 aromatic heterocycles. The molecule has 0 aromatic rings. The summed E-state index contributed by atoms with van der Waals surface area (Å²) in [6.45, 7) is 14.9. The monoisotopic (exact) mass is 268 g/mol. The normalized spacial score (nSPS) is 31.7. The Bertz CT molecular complexity index is 293. The third-order valence-electron chi connectivity index (χ3n) is 4.64. The van der Waals surface area contributed by atoms with E-state index in [0.717, 1.165) is 6.42 Å². The minimum Gasteiger partial charge on any atom is -0.368 e. The van der Waals surface area contributed by atoms with Gasteiger partial charge >= 0.3 is 0 Å². The van der Waals surface area contributed by atoms with Crippen molar-refractivity contribution < 1.29 is 4.74 Å². The van der Waals surface area contributed by atoms with E-state index < -0.39 is 0 Å². The van der Waals surface area contributed by atoms with Gasteiger partial charge in [-0.05, 0) is 73.0 Å². The predicted octanol–water partition coefficient (Wildman–Crippen LogP) is 2.80.